The molecule has 4 nitrogen and oxygen atoms in total. The normalized spacial score (nSPS) is 29.5. The molecule has 2 bridgehead atoms. The van der Waals surface area contributed by atoms with Gasteiger partial charge >= 0.3 is 5.97 Å². The van der Waals surface area contributed by atoms with Gasteiger partial charge < -0.3 is 9.47 Å². The van der Waals surface area contributed by atoms with Crippen molar-refractivity contribution in [1.29, 1.82) is 0 Å². The molecule has 3 fully saturated rings. The van der Waals surface area contributed by atoms with E-state index in [1.165, 1.54) is 31.2 Å². The minimum atomic E-state index is -0.0407. The van der Waals surface area contributed by atoms with Crippen LogP contribution in [0.1, 0.15) is 77.7 Å². The lowest BCUT2D eigenvalue weighted by Gasteiger charge is -2.38. The maximum atomic E-state index is 12.5. The van der Waals surface area contributed by atoms with Gasteiger partial charge in [0.2, 0.25) is 0 Å². The molecule has 0 amide bonds. The van der Waals surface area contributed by atoms with Gasteiger partial charge in [0.15, 0.2) is 0 Å². The third-order valence-corrected chi connectivity index (χ3v) is 8.57. The van der Waals surface area contributed by atoms with E-state index in [4.69, 9.17) is 21.1 Å². The fraction of sp³-hybridized carbons (Fsp3) is 0.621. The van der Waals surface area contributed by atoms with Crippen molar-refractivity contribution < 1.29 is 14.3 Å². The first kappa shape index (κ1) is 23.9. The Morgan fingerprint density at radius 1 is 1.03 bits per heavy atom. The van der Waals surface area contributed by atoms with Crippen molar-refractivity contribution in [2.45, 2.75) is 103 Å². The van der Waals surface area contributed by atoms with E-state index in [1.54, 1.807) is 0 Å². The molecule has 1 aliphatic carbocycles. The number of benzene rings is 2. The molecule has 1 saturated carbocycles. The first-order valence-electron chi connectivity index (χ1n) is 13.2. The fourth-order valence-electron chi connectivity index (χ4n) is 6.29. The molecule has 0 N–H and O–H groups in total. The van der Waals surface area contributed by atoms with Gasteiger partial charge in [0.25, 0.3) is 0 Å². The monoisotopic (exact) mass is 483 g/mol. The van der Waals surface area contributed by atoms with Crippen molar-refractivity contribution in [3.8, 4) is 5.75 Å². The van der Waals surface area contributed by atoms with Crippen molar-refractivity contribution in [3.05, 3.63) is 40.9 Å². The van der Waals surface area contributed by atoms with Gasteiger partial charge in [0.1, 0.15) is 5.75 Å². The van der Waals surface area contributed by atoms with Crippen molar-refractivity contribution in [2.24, 2.45) is 11.8 Å². The van der Waals surface area contributed by atoms with E-state index < -0.39 is 0 Å². The van der Waals surface area contributed by atoms with Gasteiger partial charge in [-0.3, -0.25) is 9.69 Å². The molecule has 2 aromatic carbocycles. The van der Waals surface area contributed by atoms with E-state index in [0.717, 1.165) is 59.7 Å². The smallest absolute Gasteiger partial charge is 0.309 e. The van der Waals surface area contributed by atoms with Gasteiger partial charge in [-0.05, 0) is 94.2 Å². The zero-order valence-electron chi connectivity index (χ0n) is 20.8. The highest BCUT2D eigenvalue weighted by Gasteiger charge is 2.43. The van der Waals surface area contributed by atoms with Crippen LogP contribution < -0.4 is 4.74 Å². The molecule has 2 unspecified atom stereocenters. The van der Waals surface area contributed by atoms with Crippen LogP contribution in [-0.4, -0.2) is 35.2 Å². The number of carbonyl (C=O) groups is 1. The summed E-state index contributed by atoms with van der Waals surface area (Å²) < 4.78 is 11.9. The standard InChI is InChI=1S/C29H38ClNO3/c1-18(2)33-29(32)22-15-23-9-10-24(16-22)31(23)17-20-6-7-21-8-13-27(28(30)26(21)14-20)34-25-11-4-19(3)5-12-25/h6-8,13-14,18-19,22-25H,4-5,9-12,15-17H2,1-3H3. The maximum Gasteiger partial charge on any atom is 0.309 e. The Balaban J connectivity index is 1.29. The minimum absolute atomic E-state index is 0.0102. The molecular formula is C29H38ClNO3. The van der Waals surface area contributed by atoms with E-state index >= 15 is 0 Å². The number of carbonyl (C=O) groups excluding carboxylic acids is 1. The van der Waals surface area contributed by atoms with Gasteiger partial charge in [0, 0.05) is 24.0 Å². The van der Waals surface area contributed by atoms with Crippen LogP contribution in [0, 0.1) is 11.8 Å². The largest absolute Gasteiger partial charge is 0.489 e. The summed E-state index contributed by atoms with van der Waals surface area (Å²) in [5, 5.41) is 2.95. The van der Waals surface area contributed by atoms with E-state index in [1.807, 2.05) is 19.9 Å². The van der Waals surface area contributed by atoms with Gasteiger partial charge in [-0.25, -0.2) is 0 Å². The highest BCUT2D eigenvalue weighted by Crippen LogP contribution is 2.41. The molecule has 34 heavy (non-hydrogen) atoms. The second-order valence-corrected chi connectivity index (χ2v) is 11.5. The number of halogens is 1. The summed E-state index contributed by atoms with van der Waals surface area (Å²) >= 11 is 6.88. The molecule has 2 heterocycles. The average molecular weight is 484 g/mol. The molecule has 5 heteroatoms. The van der Waals surface area contributed by atoms with Crippen molar-refractivity contribution >= 4 is 28.3 Å². The maximum absolute atomic E-state index is 12.5. The summed E-state index contributed by atoms with van der Waals surface area (Å²) in [5.74, 6) is 1.65. The summed E-state index contributed by atoms with van der Waals surface area (Å²) in [7, 11) is 0. The molecular weight excluding hydrogens is 446 g/mol. The molecule has 2 saturated heterocycles. The van der Waals surface area contributed by atoms with E-state index in [0.29, 0.717) is 12.1 Å². The lowest BCUT2D eigenvalue weighted by atomic mass is 9.89. The number of fused-ring (bicyclic) bond motifs is 3. The van der Waals surface area contributed by atoms with Crippen LogP contribution >= 0.6 is 11.6 Å². The molecule has 184 valence electrons. The molecule has 2 atom stereocenters. The second kappa shape index (κ2) is 10.1. The molecule has 2 aliphatic heterocycles. The number of ether oxygens (including phenoxy) is 2. The lowest BCUT2D eigenvalue weighted by Crippen LogP contribution is -2.44. The van der Waals surface area contributed by atoms with Crippen LogP contribution in [-0.2, 0) is 16.1 Å². The summed E-state index contributed by atoms with van der Waals surface area (Å²) in [6, 6.07) is 11.7. The number of piperidine rings is 1. The molecule has 5 rings (SSSR count). The zero-order valence-corrected chi connectivity index (χ0v) is 21.5. The Kier molecular flexibility index (Phi) is 7.09. The highest BCUT2D eigenvalue weighted by molar-refractivity contribution is 6.37. The van der Waals surface area contributed by atoms with E-state index in [-0.39, 0.29) is 24.1 Å². The number of nitrogens with zero attached hydrogens (tertiary/aromatic N) is 1. The number of hydrogen-bond donors (Lipinski definition) is 0. The first-order valence-corrected chi connectivity index (χ1v) is 13.6. The Morgan fingerprint density at radius 2 is 1.71 bits per heavy atom. The van der Waals surface area contributed by atoms with Gasteiger partial charge in [0.05, 0.1) is 23.1 Å². The topological polar surface area (TPSA) is 38.8 Å². The lowest BCUT2D eigenvalue weighted by molar-refractivity contribution is -0.155. The quantitative estimate of drug-likeness (QED) is 0.409. The summed E-state index contributed by atoms with van der Waals surface area (Å²) in [5.41, 5.74) is 1.28. The third-order valence-electron chi connectivity index (χ3n) is 8.18. The van der Waals surface area contributed by atoms with Crippen molar-refractivity contribution in [1.82, 2.24) is 4.90 Å². The fourth-order valence-corrected chi connectivity index (χ4v) is 6.56. The SMILES string of the molecule is CC1CCC(Oc2ccc3ccc(CN4C5CCC4CC(C(=O)OC(C)C)C5)cc3c2Cl)CC1. The van der Waals surface area contributed by atoms with E-state index in [9.17, 15) is 4.79 Å². The number of rotatable bonds is 6. The Labute approximate surface area is 208 Å². The average Bonchev–Trinajstić information content (AvgIpc) is 3.03. The van der Waals surface area contributed by atoms with Gasteiger partial charge in [-0.2, -0.15) is 0 Å². The summed E-state index contributed by atoms with van der Waals surface area (Å²) in [6.07, 6.45) is 9.07. The zero-order chi connectivity index (χ0) is 23.8. The van der Waals surface area contributed by atoms with Crippen molar-refractivity contribution in [2.75, 3.05) is 0 Å². The second-order valence-electron chi connectivity index (χ2n) is 11.1. The highest BCUT2D eigenvalue weighted by atomic mass is 35.5. The Bertz CT molecular complexity index is 1020. The number of esters is 1. The van der Waals surface area contributed by atoms with Crippen LogP contribution in [0.2, 0.25) is 5.02 Å². The van der Waals surface area contributed by atoms with Crippen LogP contribution in [0.3, 0.4) is 0 Å². The molecule has 3 aliphatic rings. The molecule has 0 radical (unpaired) electrons. The van der Waals surface area contributed by atoms with E-state index in [2.05, 4.69) is 36.1 Å². The predicted octanol–water partition coefficient (Wildman–Crippen LogP) is 7.15. The Hall–Kier alpha value is -1.78. The predicted molar refractivity (Wildman–Crippen MR) is 137 cm³/mol. The summed E-state index contributed by atoms with van der Waals surface area (Å²) in [6.45, 7) is 7.09. The molecule has 0 aromatic heterocycles. The number of hydrogen-bond acceptors (Lipinski definition) is 4. The summed E-state index contributed by atoms with van der Waals surface area (Å²) in [4.78, 5) is 15.1. The van der Waals surface area contributed by atoms with Crippen LogP contribution in [0.25, 0.3) is 10.8 Å². The minimum Gasteiger partial charge on any atom is -0.489 e. The molecule has 0 spiro atoms. The first-order chi connectivity index (χ1) is 16.4. The third kappa shape index (κ3) is 5.09. The van der Waals surface area contributed by atoms with Gasteiger partial charge in [-0.15, -0.1) is 0 Å². The van der Waals surface area contributed by atoms with Crippen LogP contribution in [0.15, 0.2) is 30.3 Å². The molecule has 2 aromatic rings. The van der Waals surface area contributed by atoms with Crippen LogP contribution in [0.4, 0.5) is 0 Å². The van der Waals surface area contributed by atoms with Crippen LogP contribution in [0.5, 0.6) is 5.75 Å². The Morgan fingerprint density at radius 3 is 2.38 bits per heavy atom. The van der Waals surface area contributed by atoms with Gasteiger partial charge in [-0.1, -0.05) is 36.7 Å². The van der Waals surface area contributed by atoms with Crippen molar-refractivity contribution in [3.63, 3.8) is 0 Å².